The second-order valence-electron chi connectivity index (χ2n) is 7.25. The van der Waals surface area contributed by atoms with Crippen molar-refractivity contribution in [3.05, 3.63) is 29.3 Å². The van der Waals surface area contributed by atoms with Gasteiger partial charge in [0.05, 0.1) is 7.11 Å². The monoisotopic (exact) mass is 447 g/mol. The molecule has 0 atom stereocenters. The van der Waals surface area contributed by atoms with Crippen LogP contribution in [0.4, 0.5) is 5.13 Å². The molecule has 0 spiro atoms. The van der Waals surface area contributed by atoms with Crippen molar-refractivity contribution >= 4 is 28.3 Å². The molecule has 1 saturated heterocycles. The molecule has 1 fully saturated rings. The van der Waals surface area contributed by atoms with E-state index in [4.69, 9.17) is 9.47 Å². The number of amides is 2. The van der Waals surface area contributed by atoms with Gasteiger partial charge in [-0.2, -0.15) is 0 Å². The lowest BCUT2D eigenvalue weighted by Crippen LogP contribution is -2.49. The molecule has 2 heterocycles. The molecule has 0 unspecified atom stereocenters. The van der Waals surface area contributed by atoms with Gasteiger partial charge in [0, 0.05) is 45.4 Å². The summed E-state index contributed by atoms with van der Waals surface area (Å²) in [7, 11) is 1.63. The summed E-state index contributed by atoms with van der Waals surface area (Å²) < 4.78 is 10.9. The number of hydrogen-bond donors (Lipinski definition) is 1. The number of piperazine rings is 1. The molecular weight excluding hydrogens is 418 g/mol. The minimum atomic E-state index is -0.209. The third-order valence-corrected chi connectivity index (χ3v) is 5.84. The Labute approximate surface area is 186 Å². The topological polar surface area (TPSA) is 96.9 Å². The number of benzene rings is 1. The van der Waals surface area contributed by atoms with Crippen LogP contribution < -0.4 is 14.8 Å². The molecule has 31 heavy (non-hydrogen) atoms. The van der Waals surface area contributed by atoms with E-state index in [1.165, 1.54) is 11.3 Å². The van der Waals surface area contributed by atoms with Crippen LogP contribution in [0.15, 0.2) is 24.3 Å². The molecule has 2 aromatic rings. The van der Waals surface area contributed by atoms with Crippen LogP contribution in [-0.4, -0.2) is 71.8 Å². The van der Waals surface area contributed by atoms with Crippen molar-refractivity contribution in [2.45, 2.75) is 32.6 Å². The van der Waals surface area contributed by atoms with Crippen molar-refractivity contribution in [2.24, 2.45) is 0 Å². The van der Waals surface area contributed by atoms with Crippen molar-refractivity contribution in [3.8, 4) is 11.5 Å². The van der Waals surface area contributed by atoms with E-state index >= 15 is 0 Å². The molecular formula is C21H29N5O4S. The molecule has 10 heteroatoms. The number of anilines is 1. The van der Waals surface area contributed by atoms with Crippen LogP contribution >= 0.6 is 11.3 Å². The summed E-state index contributed by atoms with van der Waals surface area (Å²) in [4.78, 5) is 28.5. The van der Waals surface area contributed by atoms with E-state index in [2.05, 4.69) is 27.3 Å². The minimum absolute atomic E-state index is 0.00481. The highest BCUT2D eigenvalue weighted by Gasteiger charge is 2.22. The Hall–Kier alpha value is -2.72. The second kappa shape index (κ2) is 11.6. The zero-order valence-electron chi connectivity index (χ0n) is 18.0. The number of aromatic nitrogens is 2. The first kappa shape index (κ1) is 23.0. The molecule has 3 rings (SSSR count). The largest absolute Gasteiger partial charge is 0.497 e. The number of aryl methyl sites for hydroxylation is 1. The van der Waals surface area contributed by atoms with Gasteiger partial charge in [-0.25, -0.2) is 0 Å². The number of methoxy groups -OCH3 is 1. The third kappa shape index (κ3) is 7.18. The van der Waals surface area contributed by atoms with Crippen molar-refractivity contribution in [2.75, 3.05) is 45.3 Å². The van der Waals surface area contributed by atoms with Crippen molar-refractivity contribution in [1.82, 2.24) is 20.0 Å². The number of carbonyl (C=O) groups excluding carboxylic acids is 2. The molecule has 9 nitrogen and oxygen atoms in total. The third-order valence-electron chi connectivity index (χ3n) is 4.94. The predicted molar refractivity (Wildman–Crippen MR) is 118 cm³/mol. The van der Waals surface area contributed by atoms with E-state index < -0.39 is 0 Å². The van der Waals surface area contributed by atoms with Crippen LogP contribution in [0.1, 0.15) is 31.2 Å². The highest BCUT2D eigenvalue weighted by molar-refractivity contribution is 7.15. The minimum Gasteiger partial charge on any atom is -0.497 e. The van der Waals surface area contributed by atoms with Gasteiger partial charge in [-0.05, 0) is 30.7 Å². The van der Waals surface area contributed by atoms with Gasteiger partial charge in [0.1, 0.15) is 23.2 Å². The first-order valence-corrected chi connectivity index (χ1v) is 11.3. The number of hydrogen-bond acceptors (Lipinski definition) is 8. The highest BCUT2D eigenvalue weighted by atomic mass is 32.1. The average Bonchev–Trinajstić information content (AvgIpc) is 3.23. The molecule has 0 saturated carbocycles. The molecule has 1 aromatic heterocycles. The summed E-state index contributed by atoms with van der Waals surface area (Å²) >= 11 is 1.38. The summed E-state index contributed by atoms with van der Waals surface area (Å²) in [6.45, 7) is 5.27. The first-order valence-electron chi connectivity index (χ1n) is 10.5. The van der Waals surface area contributed by atoms with Crippen molar-refractivity contribution in [3.63, 3.8) is 0 Å². The molecule has 0 bridgehead atoms. The maximum atomic E-state index is 12.4. The normalized spacial score (nSPS) is 14.3. The Morgan fingerprint density at radius 1 is 1.06 bits per heavy atom. The van der Waals surface area contributed by atoms with Gasteiger partial charge in [0.15, 0.2) is 0 Å². The van der Waals surface area contributed by atoms with E-state index in [-0.39, 0.29) is 24.7 Å². The molecule has 1 aromatic carbocycles. The zero-order valence-corrected chi connectivity index (χ0v) is 18.8. The van der Waals surface area contributed by atoms with E-state index in [9.17, 15) is 9.59 Å². The van der Waals surface area contributed by atoms with Gasteiger partial charge >= 0.3 is 0 Å². The van der Waals surface area contributed by atoms with Gasteiger partial charge in [-0.15, -0.1) is 10.2 Å². The van der Waals surface area contributed by atoms with Gasteiger partial charge in [-0.1, -0.05) is 18.3 Å². The van der Waals surface area contributed by atoms with E-state index in [1.807, 2.05) is 29.2 Å². The number of ether oxygens (including phenoxy) is 2. The van der Waals surface area contributed by atoms with Crippen LogP contribution in [0.25, 0.3) is 0 Å². The van der Waals surface area contributed by atoms with Crippen LogP contribution in [0, 0.1) is 0 Å². The van der Waals surface area contributed by atoms with E-state index in [0.29, 0.717) is 25.0 Å². The fourth-order valence-corrected chi connectivity index (χ4v) is 4.00. The fourth-order valence-electron chi connectivity index (χ4n) is 3.14. The molecule has 168 valence electrons. The molecule has 1 aliphatic heterocycles. The molecule has 0 radical (unpaired) electrons. The lowest BCUT2D eigenvalue weighted by Gasteiger charge is -2.34. The molecule has 1 N–H and O–H groups in total. The number of rotatable bonds is 10. The Morgan fingerprint density at radius 3 is 2.45 bits per heavy atom. The lowest BCUT2D eigenvalue weighted by atomic mass is 10.2. The quantitative estimate of drug-likeness (QED) is 0.597. The summed E-state index contributed by atoms with van der Waals surface area (Å²) in [5.41, 5.74) is 0. The van der Waals surface area contributed by atoms with Gasteiger partial charge in [0.2, 0.25) is 16.9 Å². The van der Waals surface area contributed by atoms with Crippen LogP contribution in [0.3, 0.4) is 0 Å². The summed E-state index contributed by atoms with van der Waals surface area (Å²) in [6.07, 6.45) is 2.16. The highest BCUT2D eigenvalue weighted by Crippen LogP contribution is 2.18. The van der Waals surface area contributed by atoms with Crippen molar-refractivity contribution < 1.29 is 19.1 Å². The smallest absolute Gasteiger partial charge is 0.226 e. The zero-order chi connectivity index (χ0) is 22.1. The summed E-state index contributed by atoms with van der Waals surface area (Å²) in [5, 5.41) is 12.1. The van der Waals surface area contributed by atoms with Crippen LogP contribution in [0.2, 0.25) is 0 Å². The second-order valence-corrected chi connectivity index (χ2v) is 8.31. The number of carbonyl (C=O) groups is 2. The van der Waals surface area contributed by atoms with Gasteiger partial charge in [0.25, 0.3) is 0 Å². The molecule has 0 aliphatic carbocycles. The summed E-state index contributed by atoms with van der Waals surface area (Å²) in [6, 6.07) is 7.46. The predicted octanol–water partition coefficient (Wildman–Crippen LogP) is 2.40. The van der Waals surface area contributed by atoms with Crippen LogP contribution in [0.5, 0.6) is 11.5 Å². The number of nitrogens with one attached hydrogen (secondary N) is 1. The maximum absolute atomic E-state index is 12.4. The van der Waals surface area contributed by atoms with Crippen LogP contribution in [-0.2, 0) is 16.0 Å². The Bertz CT molecular complexity index is 850. The van der Waals surface area contributed by atoms with Gasteiger partial charge < -0.3 is 19.7 Å². The maximum Gasteiger partial charge on any atom is 0.226 e. The van der Waals surface area contributed by atoms with Gasteiger partial charge in [-0.3, -0.25) is 14.5 Å². The molecule has 2 amide bonds. The van der Waals surface area contributed by atoms with E-state index in [1.54, 1.807) is 7.11 Å². The summed E-state index contributed by atoms with van der Waals surface area (Å²) in [5.74, 6) is 1.36. The standard InChI is InChI=1S/C21H29N5O4S/c1-3-4-19-23-24-21(31-19)22-18(27)9-10-20(28)26-13-11-25(12-14-26)15-30-17-7-5-16(29-2)6-8-17/h5-8H,3-4,9-15H2,1-2H3,(H,22,24,27). The number of nitrogens with zero attached hydrogens (tertiary/aromatic N) is 4. The average molecular weight is 448 g/mol. The Kier molecular flexibility index (Phi) is 8.60. The Balaban J connectivity index is 1.33. The van der Waals surface area contributed by atoms with E-state index in [0.717, 1.165) is 42.4 Å². The van der Waals surface area contributed by atoms with Crippen molar-refractivity contribution in [1.29, 1.82) is 0 Å². The fraction of sp³-hybridized carbons (Fsp3) is 0.524. The SMILES string of the molecule is CCCc1nnc(NC(=O)CCC(=O)N2CCN(COc3ccc(OC)cc3)CC2)s1. The molecule has 1 aliphatic rings. The first-order chi connectivity index (χ1) is 15.1. The lowest BCUT2D eigenvalue weighted by molar-refractivity contribution is -0.134. The Morgan fingerprint density at radius 2 is 1.77 bits per heavy atom.